The summed E-state index contributed by atoms with van der Waals surface area (Å²) in [5.41, 5.74) is 3.51. The third kappa shape index (κ3) is 7.10. The van der Waals surface area contributed by atoms with Crippen LogP contribution in [0.2, 0.25) is 5.02 Å². The van der Waals surface area contributed by atoms with Crippen LogP contribution in [-0.4, -0.2) is 83.8 Å². The van der Waals surface area contributed by atoms with E-state index in [-0.39, 0.29) is 23.7 Å². The molecule has 2 aliphatic carbocycles. The average molecular weight is 714 g/mol. The molecule has 2 aromatic carbocycles. The summed E-state index contributed by atoms with van der Waals surface area (Å²) < 4.78 is 49.0. The third-order valence-electron chi connectivity index (χ3n) is 12.2. The van der Waals surface area contributed by atoms with E-state index < -0.39 is 21.2 Å². The monoisotopic (exact) mass is 713 g/mol. The highest BCUT2D eigenvalue weighted by atomic mass is 35.5. The Labute approximate surface area is 297 Å². The predicted octanol–water partition coefficient (Wildman–Crippen LogP) is 6.17. The van der Waals surface area contributed by atoms with Crippen LogP contribution >= 0.6 is 11.6 Å². The van der Waals surface area contributed by atoms with Crippen molar-refractivity contribution in [3.63, 3.8) is 0 Å². The zero-order chi connectivity index (χ0) is 34.3. The van der Waals surface area contributed by atoms with Crippen LogP contribution in [0, 0.1) is 17.8 Å². The maximum atomic E-state index is 13.6. The molecule has 7 rings (SSSR count). The molecule has 1 amide bonds. The number of amides is 1. The second-order valence-corrected chi connectivity index (χ2v) is 17.8. The first-order chi connectivity index (χ1) is 23.6. The molecule has 1 saturated carbocycles. The van der Waals surface area contributed by atoms with Crippen molar-refractivity contribution in [3.05, 3.63) is 58.1 Å². The van der Waals surface area contributed by atoms with E-state index in [0.717, 1.165) is 80.9 Å². The zero-order valence-electron chi connectivity index (χ0n) is 29.2. The number of nitrogens with zero attached hydrogens (tertiary/aromatic N) is 2. The van der Waals surface area contributed by atoms with Crippen LogP contribution in [0.25, 0.3) is 0 Å². The summed E-state index contributed by atoms with van der Waals surface area (Å²) in [6, 6.07) is 11.9. The van der Waals surface area contributed by atoms with Gasteiger partial charge in [-0.05, 0) is 119 Å². The molecule has 1 N–H and O–H groups in total. The van der Waals surface area contributed by atoms with Gasteiger partial charge in [-0.3, -0.25) is 4.79 Å². The predicted molar refractivity (Wildman–Crippen MR) is 192 cm³/mol. The van der Waals surface area contributed by atoms with E-state index in [4.69, 9.17) is 25.8 Å². The number of likely N-dealkylation sites (N-methyl/N-ethyl adjacent to an activating group) is 1. The van der Waals surface area contributed by atoms with Crippen molar-refractivity contribution in [2.45, 2.75) is 94.1 Å². The van der Waals surface area contributed by atoms with Crippen molar-refractivity contribution >= 4 is 33.2 Å². The molecular formula is C38H52ClN3O6S. The molecule has 0 radical (unpaired) electrons. The van der Waals surface area contributed by atoms with E-state index in [0.29, 0.717) is 50.1 Å². The largest absolute Gasteiger partial charge is 0.490 e. The number of benzene rings is 2. The van der Waals surface area contributed by atoms with Crippen LogP contribution < -0.4 is 14.4 Å². The van der Waals surface area contributed by atoms with Gasteiger partial charge in [-0.1, -0.05) is 37.4 Å². The number of sulfonamides is 1. The van der Waals surface area contributed by atoms with Crippen molar-refractivity contribution in [2.24, 2.45) is 17.8 Å². The highest BCUT2D eigenvalue weighted by Crippen LogP contribution is 2.49. The van der Waals surface area contributed by atoms with Crippen molar-refractivity contribution in [2.75, 3.05) is 51.9 Å². The zero-order valence-corrected chi connectivity index (χ0v) is 30.7. The Kier molecular flexibility index (Phi) is 10.3. The summed E-state index contributed by atoms with van der Waals surface area (Å²) in [5, 5.41) is 0.115. The number of hydrogen-bond donors (Lipinski definition) is 1. The van der Waals surface area contributed by atoms with Gasteiger partial charge in [0.05, 0.1) is 36.8 Å². The van der Waals surface area contributed by atoms with Crippen LogP contribution in [0.1, 0.15) is 86.2 Å². The molecule has 2 aromatic rings. The summed E-state index contributed by atoms with van der Waals surface area (Å²) >= 11 is 6.47. The first-order valence-corrected chi connectivity index (χ1v) is 20.3. The van der Waals surface area contributed by atoms with Gasteiger partial charge in [0.15, 0.2) is 6.29 Å². The Morgan fingerprint density at radius 2 is 1.80 bits per heavy atom. The number of rotatable bonds is 3. The molecule has 3 aliphatic heterocycles. The van der Waals surface area contributed by atoms with Gasteiger partial charge in [0.2, 0.25) is 10.0 Å². The van der Waals surface area contributed by atoms with E-state index in [9.17, 15) is 13.2 Å². The molecule has 0 aromatic heterocycles. The molecule has 1 saturated heterocycles. The van der Waals surface area contributed by atoms with Crippen molar-refractivity contribution in [1.82, 2.24) is 9.62 Å². The smallest absolute Gasteiger partial charge is 0.264 e. The molecule has 2 bridgehead atoms. The maximum Gasteiger partial charge on any atom is 0.264 e. The molecule has 2 fully saturated rings. The normalized spacial score (nSPS) is 33.4. The number of hydrogen-bond acceptors (Lipinski definition) is 8. The van der Waals surface area contributed by atoms with Crippen molar-refractivity contribution < 1.29 is 27.4 Å². The van der Waals surface area contributed by atoms with E-state index in [1.807, 2.05) is 25.1 Å². The lowest BCUT2D eigenvalue weighted by Crippen LogP contribution is -2.52. The van der Waals surface area contributed by atoms with Crippen molar-refractivity contribution in [3.8, 4) is 5.75 Å². The van der Waals surface area contributed by atoms with Gasteiger partial charge in [-0.25, -0.2) is 13.1 Å². The molecule has 5 aliphatic rings. The fourth-order valence-corrected chi connectivity index (χ4v) is 10.8. The number of aryl methyl sites for hydroxylation is 1. The molecule has 49 heavy (non-hydrogen) atoms. The Hall–Kier alpha value is -2.37. The lowest BCUT2D eigenvalue weighted by molar-refractivity contribution is -0.240. The van der Waals surface area contributed by atoms with Crippen LogP contribution in [0.15, 0.2) is 36.4 Å². The quantitative estimate of drug-likeness (QED) is 0.404. The first-order valence-electron chi connectivity index (χ1n) is 18.3. The number of ether oxygens (including phenoxy) is 3. The van der Waals surface area contributed by atoms with Gasteiger partial charge in [0, 0.05) is 35.0 Å². The van der Waals surface area contributed by atoms with Gasteiger partial charge in [-0.15, -0.1) is 0 Å². The second kappa shape index (κ2) is 14.3. The van der Waals surface area contributed by atoms with Crippen LogP contribution in [-0.2, 0) is 31.3 Å². The number of carbonyl (C=O) groups is 1. The summed E-state index contributed by atoms with van der Waals surface area (Å²) in [4.78, 5) is 18.2. The number of halogens is 1. The van der Waals surface area contributed by atoms with Crippen molar-refractivity contribution in [1.29, 1.82) is 0 Å². The lowest BCUT2D eigenvalue weighted by Gasteiger charge is -2.49. The van der Waals surface area contributed by atoms with Gasteiger partial charge in [0.25, 0.3) is 5.91 Å². The number of fused-ring (bicyclic) bond motifs is 4. The van der Waals surface area contributed by atoms with Crippen LogP contribution in [0.5, 0.6) is 5.75 Å². The molecule has 11 heteroatoms. The highest BCUT2D eigenvalue weighted by Gasteiger charge is 2.46. The van der Waals surface area contributed by atoms with E-state index in [1.54, 1.807) is 6.07 Å². The molecule has 3 heterocycles. The Bertz CT molecular complexity index is 1630. The minimum atomic E-state index is -3.87. The average Bonchev–Trinajstić information content (AvgIpc) is 3.22. The molecule has 0 unspecified atom stereocenters. The van der Waals surface area contributed by atoms with Gasteiger partial charge < -0.3 is 24.0 Å². The van der Waals surface area contributed by atoms with Gasteiger partial charge >= 0.3 is 0 Å². The van der Waals surface area contributed by atoms with E-state index >= 15 is 0 Å². The third-order valence-corrected chi connectivity index (χ3v) is 14.4. The molecule has 1 spiro atoms. The van der Waals surface area contributed by atoms with E-state index in [1.165, 1.54) is 11.1 Å². The fraction of sp³-hybridized carbons (Fsp3) is 0.658. The van der Waals surface area contributed by atoms with E-state index in [2.05, 4.69) is 40.7 Å². The van der Waals surface area contributed by atoms with Gasteiger partial charge in [-0.2, -0.15) is 0 Å². The molecular weight excluding hydrogens is 662 g/mol. The number of anilines is 1. The summed E-state index contributed by atoms with van der Waals surface area (Å²) in [6.45, 7) is 5.25. The minimum absolute atomic E-state index is 0.228. The minimum Gasteiger partial charge on any atom is -0.490 e. The molecule has 9 nitrogen and oxygen atoms in total. The lowest BCUT2D eigenvalue weighted by atomic mass is 9.64. The Morgan fingerprint density at radius 3 is 2.53 bits per heavy atom. The van der Waals surface area contributed by atoms with Crippen LogP contribution in [0.3, 0.4) is 0 Å². The number of nitrogens with one attached hydrogen (secondary N) is 1. The Morgan fingerprint density at radius 1 is 1.00 bits per heavy atom. The summed E-state index contributed by atoms with van der Waals surface area (Å²) in [6.07, 6.45) is 8.53. The first kappa shape index (κ1) is 35.1. The molecule has 5 atom stereocenters. The topological polar surface area (TPSA) is 97.4 Å². The Balaban J connectivity index is 1.26. The standard InChI is InChI=1S/C38H52ClN3O6S/c1-4-30-9-5-6-10-32(37-46-21-29(22-47-37)41(2)3)31-14-11-27(31)20-42-23-38(17-7-8-25-18-28(39)13-15-33(25)38)24-48-35-16-12-26(19-34(35)42)36(43)40-49(30,44)45/h12-13,15-16,18-19,27,29-32,37H,4-11,14,17,20-24H2,1-3H3,(H,40,43)/t27-,29-,30+,31+,32-,37-,38-/m0/s1. The van der Waals surface area contributed by atoms with Crippen LogP contribution in [0.4, 0.5) is 5.69 Å². The second-order valence-electron chi connectivity index (χ2n) is 15.4. The van der Waals surface area contributed by atoms with Gasteiger partial charge in [0.1, 0.15) is 5.75 Å². The highest BCUT2D eigenvalue weighted by molar-refractivity contribution is 7.90. The summed E-state index contributed by atoms with van der Waals surface area (Å²) in [5.74, 6) is 1.22. The maximum absolute atomic E-state index is 13.6. The molecule has 268 valence electrons. The summed E-state index contributed by atoms with van der Waals surface area (Å²) in [7, 11) is 0.259. The SMILES string of the molecule is CC[C@@H]1CCCC[C@H]([C@H]2OC[C@H](N(C)C)CO2)[C@@H]2CC[C@H]2CN2C[C@@]3(CCCc4cc(Cl)ccc43)COc3ccc(cc32)C(=O)NS1(=O)=O. The fourth-order valence-electron chi connectivity index (χ4n) is 9.13. The number of carbonyl (C=O) groups excluding carboxylic acids is 1.